The van der Waals surface area contributed by atoms with Gasteiger partial charge in [-0.3, -0.25) is 0 Å². The van der Waals surface area contributed by atoms with E-state index in [-0.39, 0.29) is 17.2 Å². The molecular weight excluding hydrogens is 440 g/mol. The molecule has 0 aromatic carbocycles. The van der Waals surface area contributed by atoms with Gasteiger partial charge in [0, 0.05) is 0 Å². The Hall–Kier alpha value is 0.208. The van der Waals surface area contributed by atoms with Gasteiger partial charge < -0.3 is 16.6 Å². The second kappa shape index (κ2) is 18.9. The molecule has 2 unspecified atom stereocenters. The third kappa shape index (κ3) is 28.2. The third-order valence-electron chi connectivity index (χ3n) is 4.43. The minimum absolute atomic E-state index is 0.148. The van der Waals surface area contributed by atoms with E-state index in [0.717, 1.165) is 25.7 Å². The first-order valence-electron chi connectivity index (χ1n) is 11.4. The van der Waals surface area contributed by atoms with Crippen molar-refractivity contribution in [3.63, 3.8) is 0 Å². The van der Waals surface area contributed by atoms with E-state index in [1.54, 1.807) is 0 Å². The van der Waals surface area contributed by atoms with Crippen LogP contribution in [0.25, 0.3) is 10.6 Å². The Morgan fingerprint density at radius 1 is 0.724 bits per heavy atom. The fourth-order valence-corrected chi connectivity index (χ4v) is 3.18. The molecule has 0 bridgehead atoms. The summed E-state index contributed by atoms with van der Waals surface area (Å²) in [6.45, 7) is 30.0. The van der Waals surface area contributed by atoms with E-state index in [1.807, 2.05) is 0 Å². The largest absolute Gasteiger partial charge is 0.676 e. The van der Waals surface area contributed by atoms with Crippen LogP contribution in [-0.4, -0.2) is 29.3 Å². The molecule has 0 saturated heterocycles. The summed E-state index contributed by atoms with van der Waals surface area (Å²) in [6.07, 6.45) is 4.62. The Bertz CT molecular complexity index is 392. The van der Waals surface area contributed by atoms with Crippen molar-refractivity contribution in [3.8, 4) is 0 Å². The Labute approximate surface area is 193 Å². The summed E-state index contributed by atoms with van der Waals surface area (Å²) in [5.74, 6) is 1.42. The number of nitrogens with zero attached hydrogens (tertiary/aromatic N) is 4. The van der Waals surface area contributed by atoms with Crippen LogP contribution in [-0.2, 0) is 18.2 Å². The summed E-state index contributed by atoms with van der Waals surface area (Å²) in [6, 6.07) is 0.903. The quantitative estimate of drug-likeness (QED) is 0.215. The first-order chi connectivity index (χ1) is 13.2. The molecule has 0 aromatic heterocycles. The average molecular weight is 494 g/mol. The van der Waals surface area contributed by atoms with Crippen molar-refractivity contribution in [1.29, 1.82) is 0 Å². The maximum atomic E-state index is 4.67. The molecule has 0 aliphatic carbocycles. The molecule has 0 N–H and O–H groups in total. The molecule has 29 heavy (non-hydrogen) atoms. The van der Waals surface area contributed by atoms with Crippen molar-refractivity contribution in [3.05, 3.63) is 16.6 Å². The number of rotatable bonds is 10. The van der Waals surface area contributed by atoms with Crippen LogP contribution in [0.2, 0.25) is 0 Å². The topological polar surface area (TPSA) is 52.9 Å². The van der Waals surface area contributed by atoms with E-state index in [9.17, 15) is 0 Å². The normalized spacial score (nSPS) is 14.6. The number of hydrogen-bond acceptors (Lipinski definition) is 2. The molecule has 0 aliphatic rings. The molecule has 0 spiro atoms. The van der Waals surface area contributed by atoms with Gasteiger partial charge in [-0.25, -0.2) is 6.17 Å². The Kier molecular flexibility index (Phi) is 22.1. The summed E-state index contributed by atoms with van der Waals surface area (Å²) in [7, 11) is 0. The van der Waals surface area contributed by atoms with Crippen LogP contribution >= 0.6 is 0 Å². The Morgan fingerprint density at radius 2 is 1.00 bits per heavy atom. The van der Waals surface area contributed by atoms with Crippen LogP contribution in [0.15, 0.2) is 6.99 Å². The number of hydrogen-bond donors (Lipinski definition) is 0. The second-order valence-corrected chi connectivity index (χ2v) is 10.8. The maximum absolute atomic E-state index is 4.67. The van der Waals surface area contributed by atoms with Crippen LogP contribution in [0.5, 0.6) is 0 Å². The molecule has 0 aliphatic heterocycles. The van der Waals surface area contributed by atoms with Crippen LogP contribution in [0, 0.1) is 5.92 Å². The van der Waals surface area contributed by atoms with E-state index < -0.39 is 18.2 Å². The minimum atomic E-state index is -0.492. The standard InChI is InChI=1S/C10H22N2.2C5H11N.C4H9.Mo/c1-6-8(3)11-10(5)12-9(4)7-2;2*1-4-5(2,3)6;1-4(2)3;/h8-10H,6-7H2,1-5H3;2*4H2,1-3H3;1-3H3;/q-2;;;-1;. The van der Waals surface area contributed by atoms with Crippen molar-refractivity contribution in [1.82, 2.24) is 0 Å². The van der Waals surface area contributed by atoms with E-state index in [2.05, 4.69) is 115 Å². The van der Waals surface area contributed by atoms with Crippen LogP contribution in [0.3, 0.4) is 0 Å². The zero-order chi connectivity index (χ0) is 23.7. The minimum Gasteiger partial charge on any atom is -0.676 e. The maximum Gasteiger partial charge on any atom is -0.0668 e. The molecule has 0 radical (unpaired) electrons. The molecule has 0 heterocycles. The van der Waals surface area contributed by atoms with Crippen molar-refractivity contribution in [2.45, 2.75) is 152 Å². The summed E-state index contributed by atoms with van der Waals surface area (Å²) in [4.78, 5) is 0. The van der Waals surface area contributed by atoms with Crippen molar-refractivity contribution in [2.24, 2.45) is 6.99 Å². The molecule has 0 saturated carbocycles. The predicted molar refractivity (Wildman–Crippen MR) is 130 cm³/mol. The Morgan fingerprint density at radius 3 is 1.21 bits per heavy atom. The summed E-state index contributed by atoms with van der Waals surface area (Å²) < 4.78 is 9.34. The predicted octanol–water partition coefficient (Wildman–Crippen LogP) is 9.11. The van der Waals surface area contributed by atoms with Gasteiger partial charge in [-0.2, -0.15) is 20.8 Å². The van der Waals surface area contributed by atoms with Gasteiger partial charge in [-0.1, -0.05) is 40.5 Å². The average Bonchev–Trinajstić information content (AvgIpc) is 2.61. The van der Waals surface area contributed by atoms with E-state index in [4.69, 9.17) is 0 Å². The van der Waals surface area contributed by atoms with Gasteiger partial charge in [0.15, 0.2) is 0 Å². The summed E-state index contributed by atoms with van der Waals surface area (Å²) >= 11 is -0.492. The SMILES string of the molecule is CCC(C)(C)[N]=[Mo]=[N]C(C)(C)CC.CCC(C)[N-]C(C)[N-]C(C)CC.C[C-](C)C. The smallest absolute Gasteiger partial charge is 0.0668 e. The van der Waals surface area contributed by atoms with Gasteiger partial charge in [-0.05, 0) is 0 Å². The summed E-state index contributed by atoms with van der Waals surface area (Å²) in [5, 5.41) is 9.03. The molecule has 178 valence electrons. The molecule has 0 aromatic rings. The fraction of sp³-hybridized carbons (Fsp3) is 0.958. The van der Waals surface area contributed by atoms with E-state index in [1.165, 1.54) is 5.92 Å². The van der Waals surface area contributed by atoms with Crippen LogP contribution in [0.1, 0.15) is 123 Å². The van der Waals surface area contributed by atoms with Gasteiger partial charge in [0.25, 0.3) is 0 Å². The van der Waals surface area contributed by atoms with Gasteiger partial charge >= 0.3 is 90.7 Å². The van der Waals surface area contributed by atoms with Crippen molar-refractivity contribution < 1.29 is 18.2 Å². The molecular formula is C24H53MoN4-3. The molecule has 5 heteroatoms. The summed E-state index contributed by atoms with van der Waals surface area (Å²) in [5.41, 5.74) is 0.297. The molecule has 2 atom stereocenters. The first kappa shape index (κ1) is 33.8. The van der Waals surface area contributed by atoms with E-state index in [0.29, 0.717) is 12.1 Å². The van der Waals surface area contributed by atoms with Gasteiger partial charge in [0.2, 0.25) is 0 Å². The van der Waals surface area contributed by atoms with E-state index >= 15 is 0 Å². The molecule has 4 nitrogen and oxygen atoms in total. The molecule has 0 rings (SSSR count). The first-order valence-corrected chi connectivity index (χ1v) is 13.2. The fourth-order valence-electron chi connectivity index (χ4n) is 1.36. The molecule has 0 fully saturated rings. The molecule has 0 amide bonds. The van der Waals surface area contributed by atoms with Crippen LogP contribution in [0.4, 0.5) is 0 Å². The van der Waals surface area contributed by atoms with Gasteiger partial charge in [-0.15, -0.1) is 19.0 Å². The second-order valence-electron chi connectivity index (χ2n) is 9.54. The Balaban J connectivity index is -0.000000394. The van der Waals surface area contributed by atoms with Crippen molar-refractivity contribution in [2.75, 3.05) is 0 Å². The van der Waals surface area contributed by atoms with Crippen LogP contribution < -0.4 is 0 Å². The van der Waals surface area contributed by atoms with Gasteiger partial charge in [0.1, 0.15) is 0 Å². The zero-order valence-corrected chi connectivity index (χ0v) is 24.3. The van der Waals surface area contributed by atoms with Gasteiger partial charge in [0.05, 0.1) is 0 Å². The van der Waals surface area contributed by atoms with Crippen molar-refractivity contribution >= 4 is 0 Å². The monoisotopic (exact) mass is 495 g/mol. The zero-order valence-electron chi connectivity index (χ0n) is 22.3. The third-order valence-corrected chi connectivity index (χ3v) is 7.26.